The molecule has 30 heavy (non-hydrogen) atoms. The van der Waals surface area contributed by atoms with Crippen molar-refractivity contribution in [2.24, 2.45) is 0 Å². The lowest BCUT2D eigenvalue weighted by molar-refractivity contribution is -0.124. The van der Waals surface area contributed by atoms with Crippen molar-refractivity contribution in [3.8, 4) is 0 Å². The molecule has 160 valence electrons. The first-order valence-electron chi connectivity index (χ1n) is 10.3. The summed E-state index contributed by atoms with van der Waals surface area (Å²) < 4.78 is 0. The van der Waals surface area contributed by atoms with Crippen LogP contribution in [-0.2, 0) is 4.79 Å². The van der Waals surface area contributed by atoms with Crippen molar-refractivity contribution in [1.82, 2.24) is 20.4 Å². The first kappa shape index (κ1) is 21.7. The third kappa shape index (κ3) is 5.33. The van der Waals surface area contributed by atoms with E-state index in [0.29, 0.717) is 12.2 Å². The summed E-state index contributed by atoms with van der Waals surface area (Å²) in [5.41, 5.74) is 2.76. The maximum absolute atomic E-state index is 12.6. The minimum absolute atomic E-state index is 0.256. The summed E-state index contributed by atoms with van der Waals surface area (Å²) in [6, 6.07) is 8.87. The van der Waals surface area contributed by atoms with Crippen LogP contribution in [-0.4, -0.2) is 59.3 Å². The summed E-state index contributed by atoms with van der Waals surface area (Å²) in [6.45, 7) is 7.35. The van der Waals surface area contributed by atoms with Gasteiger partial charge in [0.2, 0.25) is 5.91 Å². The first-order chi connectivity index (χ1) is 14.3. The maximum atomic E-state index is 12.6. The number of hydrogen-bond acceptors (Lipinski definition) is 6. The number of imide groups is 1. The molecule has 1 saturated heterocycles. The standard InChI is InChI=1S/C22H30N6O2/c1-15-9-10-19(16(2)13-15)24-22(30)25-21(29)17(3)27(4)14-18-7-6-12-28(18)20-8-5-11-23-26-20/h5,8-11,13,17-18H,6-7,12,14H2,1-4H3,(H2,24,25,29,30). The van der Waals surface area contributed by atoms with E-state index in [1.54, 1.807) is 13.1 Å². The maximum Gasteiger partial charge on any atom is 0.325 e. The molecule has 8 nitrogen and oxygen atoms in total. The van der Waals surface area contributed by atoms with E-state index in [1.807, 2.05) is 56.1 Å². The van der Waals surface area contributed by atoms with E-state index in [9.17, 15) is 9.59 Å². The van der Waals surface area contributed by atoms with Crippen LogP contribution in [0, 0.1) is 13.8 Å². The van der Waals surface area contributed by atoms with E-state index in [4.69, 9.17) is 0 Å². The van der Waals surface area contributed by atoms with Gasteiger partial charge >= 0.3 is 6.03 Å². The second-order valence-corrected chi connectivity index (χ2v) is 7.95. The fourth-order valence-corrected chi connectivity index (χ4v) is 3.79. The number of nitrogens with one attached hydrogen (secondary N) is 2. The van der Waals surface area contributed by atoms with E-state index >= 15 is 0 Å². The Morgan fingerprint density at radius 1 is 1.30 bits per heavy atom. The number of rotatable bonds is 6. The van der Waals surface area contributed by atoms with Crippen molar-refractivity contribution >= 4 is 23.4 Å². The SMILES string of the molecule is Cc1ccc(NC(=O)NC(=O)C(C)N(C)CC2CCCN2c2cccnn2)c(C)c1. The van der Waals surface area contributed by atoms with Crippen LogP contribution in [0.15, 0.2) is 36.5 Å². The zero-order chi connectivity index (χ0) is 21.7. The van der Waals surface area contributed by atoms with Crippen LogP contribution in [0.1, 0.15) is 30.9 Å². The van der Waals surface area contributed by atoms with Gasteiger partial charge in [0.25, 0.3) is 0 Å². The predicted octanol–water partition coefficient (Wildman–Crippen LogP) is 2.73. The second-order valence-electron chi connectivity index (χ2n) is 7.95. The van der Waals surface area contributed by atoms with Crippen molar-refractivity contribution in [3.05, 3.63) is 47.7 Å². The van der Waals surface area contributed by atoms with Crippen molar-refractivity contribution in [2.45, 2.75) is 45.7 Å². The summed E-state index contributed by atoms with van der Waals surface area (Å²) in [6.07, 6.45) is 3.77. The third-order valence-electron chi connectivity index (χ3n) is 5.64. The molecule has 3 amide bonds. The lowest BCUT2D eigenvalue weighted by atomic mass is 10.1. The second kappa shape index (κ2) is 9.67. The van der Waals surface area contributed by atoms with Gasteiger partial charge in [0.15, 0.2) is 5.82 Å². The predicted molar refractivity (Wildman–Crippen MR) is 118 cm³/mol. The fourth-order valence-electron chi connectivity index (χ4n) is 3.79. The van der Waals surface area contributed by atoms with Crippen molar-refractivity contribution in [3.63, 3.8) is 0 Å². The number of anilines is 2. The van der Waals surface area contributed by atoms with E-state index in [-0.39, 0.29) is 11.9 Å². The lowest BCUT2D eigenvalue weighted by Gasteiger charge is -2.31. The first-order valence-corrected chi connectivity index (χ1v) is 10.3. The monoisotopic (exact) mass is 410 g/mol. The molecule has 1 aliphatic heterocycles. The van der Waals surface area contributed by atoms with Gasteiger partial charge in [0, 0.05) is 31.0 Å². The number of carbonyl (C=O) groups is 2. The highest BCUT2D eigenvalue weighted by molar-refractivity contribution is 6.03. The van der Waals surface area contributed by atoms with E-state index in [1.165, 1.54) is 0 Å². The molecule has 2 atom stereocenters. The molecule has 3 rings (SSSR count). The summed E-state index contributed by atoms with van der Waals surface area (Å²) in [7, 11) is 1.90. The highest BCUT2D eigenvalue weighted by Gasteiger charge is 2.29. The molecule has 1 aliphatic rings. The minimum Gasteiger partial charge on any atom is -0.351 e. The Labute approximate surface area is 177 Å². The van der Waals surface area contributed by atoms with Crippen LogP contribution in [0.5, 0.6) is 0 Å². The van der Waals surface area contributed by atoms with E-state index in [2.05, 4.69) is 25.7 Å². The van der Waals surface area contributed by atoms with Gasteiger partial charge in [-0.1, -0.05) is 17.7 Å². The van der Waals surface area contributed by atoms with Gasteiger partial charge in [-0.15, -0.1) is 5.10 Å². The molecule has 8 heteroatoms. The van der Waals surface area contributed by atoms with Crippen molar-refractivity contribution in [2.75, 3.05) is 30.4 Å². The Morgan fingerprint density at radius 3 is 2.80 bits per heavy atom. The molecule has 2 heterocycles. The smallest absolute Gasteiger partial charge is 0.325 e. The van der Waals surface area contributed by atoms with E-state index < -0.39 is 12.1 Å². The van der Waals surface area contributed by atoms with Gasteiger partial charge in [0.1, 0.15) is 0 Å². The van der Waals surface area contributed by atoms with Gasteiger partial charge in [-0.3, -0.25) is 15.0 Å². The normalized spacial score (nSPS) is 17.1. The average molecular weight is 411 g/mol. The Bertz CT molecular complexity index is 888. The van der Waals surface area contributed by atoms with Gasteiger partial charge in [0.05, 0.1) is 6.04 Å². The van der Waals surface area contributed by atoms with Crippen molar-refractivity contribution in [1.29, 1.82) is 0 Å². The number of urea groups is 1. The molecule has 1 aromatic heterocycles. The molecular formula is C22H30N6O2. The molecule has 0 radical (unpaired) electrons. The van der Waals surface area contributed by atoms with Crippen LogP contribution in [0.3, 0.4) is 0 Å². The number of hydrogen-bond donors (Lipinski definition) is 2. The van der Waals surface area contributed by atoms with E-state index in [0.717, 1.165) is 36.3 Å². The van der Waals surface area contributed by atoms with Gasteiger partial charge in [-0.2, -0.15) is 5.10 Å². The number of amides is 3. The summed E-state index contributed by atoms with van der Waals surface area (Å²) >= 11 is 0. The van der Waals surface area contributed by atoms with Crippen LogP contribution in [0.2, 0.25) is 0 Å². The number of aromatic nitrogens is 2. The average Bonchev–Trinajstić information content (AvgIpc) is 3.18. The molecule has 0 saturated carbocycles. The van der Waals surface area contributed by atoms with Gasteiger partial charge in [-0.25, -0.2) is 4.79 Å². The molecule has 0 aliphatic carbocycles. The Morgan fingerprint density at radius 2 is 2.10 bits per heavy atom. The van der Waals surface area contributed by atoms with Gasteiger partial charge in [-0.05, 0) is 64.4 Å². The number of aryl methyl sites for hydroxylation is 2. The summed E-state index contributed by atoms with van der Waals surface area (Å²) in [5.74, 6) is 0.530. The fraction of sp³-hybridized carbons (Fsp3) is 0.455. The van der Waals surface area contributed by atoms with Crippen LogP contribution in [0.4, 0.5) is 16.3 Å². The summed E-state index contributed by atoms with van der Waals surface area (Å²) in [5, 5.41) is 13.4. The highest BCUT2D eigenvalue weighted by Crippen LogP contribution is 2.24. The number of carbonyl (C=O) groups excluding carboxylic acids is 2. The number of benzene rings is 1. The molecular weight excluding hydrogens is 380 g/mol. The highest BCUT2D eigenvalue weighted by atomic mass is 16.2. The zero-order valence-corrected chi connectivity index (χ0v) is 18.1. The summed E-state index contributed by atoms with van der Waals surface area (Å²) in [4.78, 5) is 29.1. The van der Waals surface area contributed by atoms with Crippen LogP contribution >= 0.6 is 0 Å². The molecule has 2 aromatic rings. The van der Waals surface area contributed by atoms with Crippen molar-refractivity contribution < 1.29 is 9.59 Å². The molecule has 2 N–H and O–H groups in total. The molecule has 1 fully saturated rings. The molecule has 0 bridgehead atoms. The lowest BCUT2D eigenvalue weighted by Crippen LogP contribution is -2.50. The Hall–Kier alpha value is -3.00. The molecule has 1 aromatic carbocycles. The topological polar surface area (TPSA) is 90.5 Å². The number of nitrogens with zero attached hydrogens (tertiary/aromatic N) is 4. The Balaban J connectivity index is 1.54. The minimum atomic E-state index is -0.519. The third-order valence-corrected chi connectivity index (χ3v) is 5.64. The number of likely N-dealkylation sites (N-methyl/N-ethyl adjacent to an activating group) is 1. The van der Waals surface area contributed by atoms with Crippen LogP contribution < -0.4 is 15.5 Å². The quantitative estimate of drug-likeness (QED) is 0.761. The molecule has 0 spiro atoms. The largest absolute Gasteiger partial charge is 0.351 e. The Kier molecular flexibility index (Phi) is 6.99. The van der Waals surface area contributed by atoms with Gasteiger partial charge < -0.3 is 10.2 Å². The van der Waals surface area contributed by atoms with Crippen LogP contribution in [0.25, 0.3) is 0 Å². The zero-order valence-electron chi connectivity index (χ0n) is 18.1. The molecule has 2 unspecified atom stereocenters.